The second-order valence-corrected chi connectivity index (χ2v) is 6.96. The SMILES string of the molecule is Cc1c(C=Nc2ccccc2Br)c(O)n(CC2CCCO2)c(=O)c1C#N. The van der Waals surface area contributed by atoms with Gasteiger partial charge in [-0.1, -0.05) is 12.1 Å². The fraction of sp³-hybridized carbons (Fsp3) is 0.316. The maximum atomic E-state index is 12.6. The highest BCUT2D eigenvalue weighted by atomic mass is 79.9. The lowest BCUT2D eigenvalue weighted by atomic mass is 10.1. The lowest BCUT2D eigenvalue weighted by Crippen LogP contribution is -2.29. The van der Waals surface area contributed by atoms with E-state index in [0.717, 1.165) is 17.3 Å². The number of pyridine rings is 1. The maximum absolute atomic E-state index is 12.6. The van der Waals surface area contributed by atoms with Crippen molar-refractivity contribution in [2.24, 2.45) is 4.99 Å². The van der Waals surface area contributed by atoms with E-state index in [1.54, 1.807) is 6.92 Å². The molecule has 1 aliphatic heterocycles. The van der Waals surface area contributed by atoms with E-state index >= 15 is 0 Å². The van der Waals surface area contributed by atoms with Gasteiger partial charge in [-0.05, 0) is 53.4 Å². The number of rotatable bonds is 4. The molecule has 26 heavy (non-hydrogen) atoms. The van der Waals surface area contributed by atoms with Crippen molar-refractivity contribution >= 4 is 27.8 Å². The van der Waals surface area contributed by atoms with Crippen LogP contribution in [0.5, 0.6) is 5.88 Å². The first-order valence-corrected chi connectivity index (χ1v) is 9.09. The molecule has 1 aromatic carbocycles. The quantitative estimate of drug-likeness (QED) is 0.774. The van der Waals surface area contributed by atoms with Crippen molar-refractivity contribution in [1.82, 2.24) is 4.57 Å². The molecule has 2 heterocycles. The van der Waals surface area contributed by atoms with Crippen molar-refractivity contribution in [3.05, 3.63) is 55.8 Å². The number of aromatic nitrogens is 1. The first-order valence-electron chi connectivity index (χ1n) is 8.29. The summed E-state index contributed by atoms with van der Waals surface area (Å²) in [6.45, 7) is 2.50. The summed E-state index contributed by atoms with van der Waals surface area (Å²) in [5, 5.41) is 20.1. The number of hydrogen-bond donors (Lipinski definition) is 1. The van der Waals surface area contributed by atoms with Crippen LogP contribution in [-0.2, 0) is 11.3 Å². The smallest absolute Gasteiger partial charge is 0.271 e. The second-order valence-electron chi connectivity index (χ2n) is 6.11. The Bertz CT molecular complexity index is 954. The lowest BCUT2D eigenvalue weighted by molar-refractivity contribution is 0.0938. The fourth-order valence-electron chi connectivity index (χ4n) is 2.98. The Morgan fingerprint density at radius 3 is 2.92 bits per heavy atom. The highest BCUT2D eigenvalue weighted by Crippen LogP contribution is 2.26. The minimum absolute atomic E-state index is 0.00868. The molecule has 0 radical (unpaired) electrons. The molecule has 1 aromatic heterocycles. The number of hydrogen-bond acceptors (Lipinski definition) is 5. The molecular formula is C19H18BrN3O3. The minimum Gasteiger partial charge on any atom is -0.494 e. The molecule has 0 amide bonds. The molecule has 0 aliphatic carbocycles. The third-order valence-corrected chi connectivity index (χ3v) is 5.11. The fourth-order valence-corrected chi connectivity index (χ4v) is 3.36. The number of aliphatic imine (C=N–C) groups is 1. The van der Waals surface area contributed by atoms with E-state index in [0.29, 0.717) is 23.4 Å². The van der Waals surface area contributed by atoms with Gasteiger partial charge in [-0.3, -0.25) is 14.4 Å². The molecule has 1 aliphatic rings. The molecule has 0 spiro atoms. The Hall–Kier alpha value is -2.43. The third-order valence-electron chi connectivity index (χ3n) is 4.44. The summed E-state index contributed by atoms with van der Waals surface area (Å²) in [6, 6.07) is 9.36. The molecular weight excluding hydrogens is 398 g/mol. The van der Waals surface area contributed by atoms with Crippen LogP contribution in [0.4, 0.5) is 5.69 Å². The summed E-state index contributed by atoms with van der Waals surface area (Å²) in [5.41, 5.74) is 0.955. The van der Waals surface area contributed by atoms with Crippen molar-refractivity contribution in [2.75, 3.05) is 6.61 Å². The van der Waals surface area contributed by atoms with Gasteiger partial charge in [-0.25, -0.2) is 0 Å². The number of para-hydroxylation sites is 1. The molecule has 0 bridgehead atoms. The van der Waals surface area contributed by atoms with E-state index in [-0.39, 0.29) is 24.1 Å². The third kappa shape index (κ3) is 3.57. The van der Waals surface area contributed by atoms with Crippen molar-refractivity contribution < 1.29 is 9.84 Å². The highest BCUT2D eigenvalue weighted by molar-refractivity contribution is 9.10. The van der Waals surface area contributed by atoms with Crippen LogP contribution in [0, 0.1) is 18.3 Å². The summed E-state index contributed by atoms with van der Waals surface area (Å²) in [4.78, 5) is 17.0. The molecule has 0 saturated carbocycles. The average Bonchev–Trinajstić information content (AvgIpc) is 3.14. The first-order chi connectivity index (χ1) is 12.5. The molecule has 1 unspecified atom stereocenters. The Balaban J connectivity index is 2.08. The van der Waals surface area contributed by atoms with Crippen LogP contribution < -0.4 is 5.56 Å². The Kier molecular flexibility index (Phi) is 5.55. The van der Waals surface area contributed by atoms with Crippen LogP contribution in [0.15, 0.2) is 38.5 Å². The second kappa shape index (κ2) is 7.85. The van der Waals surface area contributed by atoms with Crippen LogP contribution in [0.3, 0.4) is 0 Å². The molecule has 1 fully saturated rings. The van der Waals surface area contributed by atoms with Gasteiger partial charge in [0.2, 0.25) is 5.88 Å². The predicted molar refractivity (Wildman–Crippen MR) is 102 cm³/mol. The topological polar surface area (TPSA) is 87.6 Å². The van der Waals surface area contributed by atoms with Gasteiger partial charge in [-0.15, -0.1) is 0 Å². The first kappa shape index (κ1) is 18.4. The normalized spacial score (nSPS) is 16.9. The summed E-state index contributed by atoms with van der Waals surface area (Å²) in [7, 11) is 0. The Labute approximate surface area is 159 Å². The van der Waals surface area contributed by atoms with Crippen LogP contribution in [-0.4, -0.2) is 28.6 Å². The van der Waals surface area contributed by atoms with E-state index in [2.05, 4.69) is 20.9 Å². The summed E-state index contributed by atoms with van der Waals surface area (Å²) >= 11 is 3.42. The van der Waals surface area contributed by atoms with Gasteiger partial charge < -0.3 is 9.84 Å². The van der Waals surface area contributed by atoms with Crippen LogP contribution >= 0.6 is 15.9 Å². The Morgan fingerprint density at radius 1 is 1.50 bits per heavy atom. The largest absolute Gasteiger partial charge is 0.494 e. The molecule has 134 valence electrons. The molecule has 2 aromatic rings. The van der Waals surface area contributed by atoms with Crippen molar-refractivity contribution in [2.45, 2.75) is 32.4 Å². The van der Waals surface area contributed by atoms with Crippen LogP contribution in [0.25, 0.3) is 0 Å². The molecule has 7 heteroatoms. The van der Waals surface area contributed by atoms with Gasteiger partial charge >= 0.3 is 0 Å². The number of nitrogens with zero attached hydrogens (tertiary/aromatic N) is 3. The number of nitriles is 1. The van der Waals surface area contributed by atoms with Gasteiger partial charge in [0.15, 0.2) is 0 Å². The molecule has 1 saturated heterocycles. The van der Waals surface area contributed by atoms with E-state index in [1.807, 2.05) is 30.3 Å². The summed E-state index contributed by atoms with van der Waals surface area (Å²) < 4.78 is 7.58. The number of halogens is 1. The van der Waals surface area contributed by atoms with Gasteiger partial charge in [0.05, 0.1) is 23.9 Å². The van der Waals surface area contributed by atoms with Gasteiger partial charge in [0, 0.05) is 17.3 Å². The van der Waals surface area contributed by atoms with Gasteiger partial charge in [0.1, 0.15) is 11.6 Å². The summed E-state index contributed by atoms with van der Waals surface area (Å²) in [6.07, 6.45) is 3.09. The Morgan fingerprint density at radius 2 is 2.27 bits per heavy atom. The number of ether oxygens (including phenoxy) is 1. The van der Waals surface area contributed by atoms with Crippen LogP contribution in [0.1, 0.15) is 29.5 Å². The monoisotopic (exact) mass is 415 g/mol. The van der Waals surface area contributed by atoms with Gasteiger partial charge in [0.25, 0.3) is 5.56 Å². The van der Waals surface area contributed by atoms with Crippen molar-refractivity contribution in [1.29, 1.82) is 5.26 Å². The van der Waals surface area contributed by atoms with Crippen molar-refractivity contribution in [3.63, 3.8) is 0 Å². The van der Waals surface area contributed by atoms with Crippen molar-refractivity contribution in [3.8, 4) is 11.9 Å². The maximum Gasteiger partial charge on any atom is 0.271 e. The number of benzene rings is 1. The van der Waals surface area contributed by atoms with Gasteiger partial charge in [-0.2, -0.15) is 5.26 Å². The molecule has 1 N–H and O–H groups in total. The summed E-state index contributed by atoms with van der Waals surface area (Å²) in [5.74, 6) is -0.196. The zero-order chi connectivity index (χ0) is 18.7. The molecule has 1 atom stereocenters. The van der Waals surface area contributed by atoms with E-state index in [9.17, 15) is 15.2 Å². The molecule has 3 rings (SSSR count). The van der Waals surface area contributed by atoms with E-state index in [1.165, 1.54) is 10.8 Å². The number of aromatic hydroxyl groups is 1. The predicted octanol–water partition coefficient (Wildman–Crippen LogP) is 3.43. The van der Waals surface area contributed by atoms with E-state index < -0.39 is 5.56 Å². The zero-order valence-electron chi connectivity index (χ0n) is 14.3. The highest BCUT2D eigenvalue weighted by Gasteiger charge is 2.22. The molecule has 6 nitrogen and oxygen atoms in total. The van der Waals surface area contributed by atoms with E-state index in [4.69, 9.17) is 4.74 Å². The van der Waals surface area contributed by atoms with Crippen LogP contribution in [0.2, 0.25) is 0 Å². The standard InChI is InChI=1S/C19H18BrN3O3/c1-12-14(9-21)18(24)23(11-13-5-4-8-26-13)19(25)15(12)10-22-17-7-3-2-6-16(17)20/h2-3,6-7,10,13,25H,4-5,8,11H2,1H3. The lowest BCUT2D eigenvalue weighted by Gasteiger charge is -2.17. The minimum atomic E-state index is -0.504. The average molecular weight is 416 g/mol. The zero-order valence-corrected chi connectivity index (χ0v) is 15.9.